The van der Waals surface area contributed by atoms with Gasteiger partial charge in [-0.05, 0) is 31.0 Å². The quantitative estimate of drug-likeness (QED) is 0.690. The molecule has 0 unspecified atom stereocenters. The monoisotopic (exact) mass is 294 g/mol. The van der Waals surface area contributed by atoms with Crippen molar-refractivity contribution >= 4 is 39.4 Å². The van der Waals surface area contributed by atoms with Gasteiger partial charge in [0.15, 0.2) is 5.82 Å². The van der Waals surface area contributed by atoms with Crippen molar-refractivity contribution in [2.75, 3.05) is 5.32 Å². The highest BCUT2D eigenvalue weighted by Crippen LogP contribution is 2.33. The smallest absolute Gasteiger partial charge is 0.248 e. The zero-order valence-electron chi connectivity index (χ0n) is 11.7. The van der Waals surface area contributed by atoms with Gasteiger partial charge in [0.1, 0.15) is 0 Å². The van der Waals surface area contributed by atoms with E-state index in [0.717, 1.165) is 34.6 Å². The molecule has 0 spiro atoms. The molecule has 2 amide bonds. The van der Waals surface area contributed by atoms with Crippen LogP contribution in [0.25, 0.3) is 21.8 Å². The fourth-order valence-corrected chi connectivity index (χ4v) is 2.64. The number of anilines is 1. The number of rotatable bonds is 3. The van der Waals surface area contributed by atoms with E-state index in [1.807, 2.05) is 12.1 Å². The molecule has 4 N–H and O–H groups in total. The number of hydrogen-bond acceptors (Lipinski definition) is 3. The Hall–Kier alpha value is -2.89. The summed E-state index contributed by atoms with van der Waals surface area (Å²) in [6, 6.07) is 7.14. The van der Waals surface area contributed by atoms with Crippen molar-refractivity contribution in [3.05, 3.63) is 36.0 Å². The van der Waals surface area contributed by atoms with Crippen LogP contribution in [0.4, 0.5) is 5.82 Å². The minimum Gasteiger partial charge on any atom is -0.366 e. The van der Waals surface area contributed by atoms with E-state index < -0.39 is 5.91 Å². The average Bonchev–Trinajstić information content (AvgIpc) is 3.28. The van der Waals surface area contributed by atoms with Crippen molar-refractivity contribution in [3.63, 3.8) is 0 Å². The summed E-state index contributed by atoms with van der Waals surface area (Å²) in [6.45, 7) is 0. The molecule has 2 aromatic heterocycles. The topological polar surface area (TPSA) is 101 Å². The van der Waals surface area contributed by atoms with Gasteiger partial charge < -0.3 is 16.0 Å². The van der Waals surface area contributed by atoms with Crippen LogP contribution >= 0.6 is 0 Å². The summed E-state index contributed by atoms with van der Waals surface area (Å²) < 4.78 is 0. The number of primary amides is 1. The molecule has 1 aliphatic rings. The molecular formula is C16H14N4O2. The molecule has 0 bridgehead atoms. The summed E-state index contributed by atoms with van der Waals surface area (Å²) in [5.41, 5.74) is 7.30. The summed E-state index contributed by atoms with van der Waals surface area (Å²) in [5, 5.41) is 4.79. The minimum absolute atomic E-state index is 0.0106. The number of amides is 2. The van der Waals surface area contributed by atoms with Gasteiger partial charge in [-0.25, -0.2) is 4.98 Å². The third-order valence-electron chi connectivity index (χ3n) is 3.99. The number of benzene rings is 1. The van der Waals surface area contributed by atoms with Gasteiger partial charge in [0.2, 0.25) is 11.8 Å². The molecule has 110 valence electrons. The normalized spacial score (nSPS) is 14.4. The van der Waals surface area contributed by atoms with Crippen molar-refractivity contribution in [1.29, 1.82) is 0 Å². The molecule has 1 aromatic carbocycles. The van der Waals surface area contributed by atoms with Gasteiger partial charge in [-0.1, -0.05) is 6.07 Å². The van der Waals surface area contributed by atoms with Crippen molar-refractivity contribution in [2.45, 2.75) is 12.8 Å². The highest BCUT2D eigenvalue weighted by Gasteiger charge is 2.30. The zero-order chi connectivity index (χ0) is 15.3. The molecule has 4 rings (SSSR count). The van der Waals surface area contributed by atoms with Crippen molar-refractivity contribution in [2.24, 2.45) is 11.7 Å². The first-order valence-electron chi connectivity index (χ1n) is 7.14. The maximum absolute atomic E-state index is 12.0. The van der Waals surface area contributed by atoms with E-state index in [-0.39, 0.29) is 11.8 Å². The second-order valence-corrected chi connectivity index (χ2v) is 5.60. The lowest BCUT2D eigenvalue weighted by Crippen LogP contribution is -2.14. The molecule has 6 nitrogen and oxygen atoms in total. The van der Waals surface area contributed by atoms with Gasteiger partial charge in [0.05, 0.1) is 5.52 Å². The van der Waals surface area contributed by atoms with Crippen LogP contribution in [0, 0.1) is 5.92 Å². The van der Waals surface area contributed by atoms with E-state index in [2.05, 4.69) is 15.3 Å². The molecule has 2 heterocycles. The predicted octanol–water partition coefficient (Wildman–Crippen LogP) is 2.16. The van der Waals surface area contributed by atoms with Gasteiger partial charge >= 0.3 is 0 Å². The van der Waals surface area contributed by atoms with Crippen LogP contribution in [0.3, 0.4) is 0 Å². The van der Waals surface area contributed by atoms with Crippen molar-refractivity contribution < 1.29 is 9.59 Å². The molecule has 0 aliphatic heterocycles. The highest BCUT2D eigenvalue weighted by molar-refractivity contribution is 6.13. The Labute approximate surface area is 125 Å². The Morgan fingerprint density at radius 1 is 1.23 bits per heavy atom. The van der Waals surface area contributed by atoms with E-state index in [0.29, 0.717) is 11.4 Å². The standard InChI is InChI=1S/C16H14N4O2/c17-14(21)9-3-4-10-11-5-6-18-15(13(11)19-12(10)7-9)20-16(22)8-1-2-8/h3-8,19H,1-2H2,(H2,17,21)(H,18,20,22). The average molecular weight is 294 g/mol. The molecule has 22 heavy (non-hydrogen) atoms. The molecule has 6 heteroatoms. The number of fused-ring (bicyclic) bond motifs is 3. The second-order valence-electron chi connectivity index (χ2n) is 5.60. The van der Waals surface area contributed by atoms with Gasteiger partial charge in [-0.3, -0.25) is 9.59 Å². The lowest BCUT2D eigenvalue weighted by atomic mass is 10.1. The largest absolute Gasteiger partial charge is 0.366 e. The Balaban J connectivity index is 1.86. The van der Waals surface area contributed by atoms with Crippen LogP contribution in [0.15, 0.2) is 30.5 Å². The van der Waals surface area contributed by atoms with E-state index in [4.69, 9.17) is 5.73 Å². The van der Waals surface area contributed by atoms with Gasteiger partial charge in [0.25, 0.3) is 0 Å². The van der Waals surface area contributed by atoms with Gasteiger partial charge in [0, 0.05) is 34.0 Å². The summed E-state index contributed by atoms with van der Waals surface area (Å²) in [6.07, 6.45) is 3.55. The number of nitrogens with two attached hydrogens (primary N) is 1. The number of pyridine rings is 1. The number of aromatic amines is 1. The van der Waals surface area contributed by atoms with Crippen LogP contribution in [0.1, 0.15) is 23.2 Å². The Bertz CT molecular complexity index is 924. The van der Waals surface area contributed by atoms with Crippen molar-refractivity contribution in [3.8, 4) is 0 Å². The summed E-state index contributed by atoms with van der Waals surface area (Å²) in [7, 11) is 0. The van der Waals surface area contributed by atoms with E-state index in [1.165, 1.54) is 0 Å². The van der Waals surface area contributed by atoms with Gasteiger partial charge in [-0.15, -0.1) is 0 Å². The number of carbonyl (C=O) groups is 2. The first kappa shape index (κ1) is 12.8. The van der Waals surface area contributed by atoms with E-state index >= 15 is 0 Å². The summed E-state index contributed by atoms with van der Waals surface area (Å²) in [5.74, 6) is 0.173. The Morgan fingerprint density at radius 3 is 2.77 bits per heavy atom. The molecule has 0 atom stereocenters. The molecule has 1 fully saturated rings. The lowest BCUT2D eigenvalue weighted by molar-refractivity contribution is -0.117. The molecule has 1 saturated carbocycles. The molecule has 0 saturated heterocycles. The highest BCUT2D eigenvalue weighted by atomic mass is 16.2. The molecule has 0 radical (unpaired) electrons. The van der Waals surface area contributed by atoms with Crippen molar-refractivity contribution in [1.82, 2.24) is 9.97 Å². The van der Waals surface area contributed by atoms with Crippen LogP contribution in [-0.2, 0) is 4.79 Å². The van der Waals surface area contributed by atoms with Crippen LogP contribution in [-0.4, -0.2) is 21.8 Å². The first-order valence-corrected chi connectivity index (χ1v) is 7.14. The maximum Gasteiger partial charge on any atom is 0.248 e. The maximum atomic E-state index is 12.0. The fraction of sp³-hybridized carbons (Fsp3) is 0.188. The number of aromatic nitrogens is 2. The Kier molecular flexibility index (Phi) is 2.66. The number of hydrogen-bond donors (Lipinski definition) is 3. The number of H-pyrrole nitrogens is 1. The lowest BCUT2D eigenvalue weighted by Gasteiger charge is -2.04. The van der Waals surface area contributed by atoms with E-state index in [1.54, 1.807) is 18.3 Å². The van der Waals surface area contributed by atoms with Crippen LogP contribution in [0.5, 0.6) is 0 Å². The summed E-state index contributed by atoms with van der Waals surface area (Å²) in [4.78, 5) is 30.7. The third-order valence-corrected chi connectivity index (χ3v) is 3.99. The fourth-order valence-electron chi connectivity index (χ4n) is 2.64. The zero-order valence-corrected chi connectivity index (χ0v) is 11.7. The SMILES string of the molecule is NC(=O)c1ccc2c(c1)[nH]c1c(NC(=O)C3CC3)nccc12. The minimum atomic E-state index is -0.471. The number of nitrogens with one attached hydrogen (secondary N) is 2. The second kappa shape index (κ2) is 4.56. The number of carbonyl (C=O) groups excluding carboxylic acids is 2. The van der Waals surface area contributed by atoms with Crippen LogP contribution < -0.4 is 11.1 Å². The first-order chi connectivity index (χ1) is 10.6. The van der Waals surface area contributed by atoms with Crippen LogP contribution in [0.2, 0.25) is 0 Å². The summed E-state index contributed by atoms with van der Waals surface area (Å²) >= 11 is 0. The predicted molar refractivity (Wildman–Crippen MR) is 83.5 cm³/mol. The molecular weight excluding hydrogens is 280 g/mol. The third kappa shape index (κ3) is 2.00. The molecule has 1 aliphatic carbocycles. The Morgan fingerprint density at radius 2 is 2.05 bits per heavy atom. The van der Waals surface area contributed by atoms with E-state index in [9.17, 15) is 9.59 Å². The number of nitrogens with zero attached hydrogens (tertiary/aromatic N) is 1. The molecule has 3 aromatic rings. The van der Waals surface area contributed by atoms with Gasteiger partial charge in [-0.2, -0.15) is 0 Å².